The monoisotopic (exact) mass is 62.0 g/mol. The van der Waals surface area contributed by atoms with Gasteiger partial charge in [0.05, 0.1) is 0 Å². The summed E-state index contributed by atoms with van der Waals surface area (Å²) in [6.07, 6.45) is 5.96. The molecule has 0 fully saturated rings. The van der Waals surface area contributed by atoms with Crippen LogP contribution in [0, 0.1) is 12.3 Å². The van der Waals surface area contributed by atoms with Gasteiger partial charge in [0.1, 0.15) is 0 Å². The molecule has 0 aliphatic rings. The first kappa shape index (κ1) is 8.82. The molecule has 0 aromatic heterocycles. The van der Waals surface area contributed by atoms with Crippen molar-refractivity contribution in [2.75, 3.05) is 0 Å². The Kier molecular flexibility index (Phi) is 21.1. The van der Waals surface area contributed by atoms with Gasteiger partial charge in [-0.1, -0.05) is 0 Å². The SMILES string of the molecule is [C-]#CC.[Na+]. The maximum absolute atomic E-state index is 5.96. The minimum absolute atomic E-state index is 0. The topological polar surface area (TPSA) is 0 Å². The Bertz CT molecular complexity index is 24.8. The fourth-order valence-corrected chi connectivity index (χ4v) is 0. The van der Waals surface area contributed by atoms with E-state index in [1.165, 1.54) is 0 Å². The molecule has 0 radical (unpaired) electrons. The second kappa shape index (κ2) is 9.59. The fraction of sp³-hybridized carbons (Fsp3) is 0.333. The third-order valence-electron chi connectivity index (χ3n) is 0. The van der Waals surface area contributed by atoms with Crippen LogP contribution in [-0.2, 0) is 0 Å². The average Bonchev–Trinajstić information content (AvgIpc) is 0.918. The summed E-state index contributed by atoms with van der Waals surface area (Å²) in [5.74, 6) is 2.00. The summed E-state index contributed by atoms with van der Waals surface area (Å²) in [6.45, 7) is 1.54. The van der Waals surface area contributed by atoms with Crippen LogP contribution in [0.4, 0.5) is 0 Å². The van der Waals surface area contributed by atoms with E-state index in [4.69, 9.17) is 6.42 Å². The molecule has 0 saturated heterocycles. The zero-order valence-corrected chi connectivity index (χ0v) is 5.00. The minimum atomic E-state index is 0. The molecule has 0 amide bonds. The van der Waals surface area contributed by atoms with Crippen molar-refractivity contribution in [1.29, 1.82) is 0 Å². The standard InChI is InChI=1S/C3H3.Na/c1-3-2;/h1H3;/q-1;+1. The summed E-state index contributed by atoms with van der Waals surface area (Å²) in [4.78, 5) is 0. The Balaban J connectivity index is 0. The molecule has 16 valence electrons. The first-order valence-corrected chi connectivity index (χ1v) is 0.750. The third kappa shape index (κ3) is 19.9. The van der Waals surface area contributed by atoms with E-state index in [9.17, 15) is 0 Å². The molecule has 0 aliphatic carbocycles. The van der Waals surface area contributed by atoms with E-state index in [0.717, 1.165) is 0 Å². The first-order chi connectivity index (χ1) is 1.41. The summed E-state index contributed by atoms with van der Waals surface area (Å²) >= 11 is 0. The van der Waals surface area contributed by atoms with Crippen molar-refractivity contribution in [3.63, 3.8) is 0 Å². The van der Waals surface area contributed by atoms with Crippen LogP contribution in [-0.4, -0.2) is 0 Å². The Morgan fingerprint density at radius 2 is 1.75 bits per heavy atom. The van der Waals surface area contributed by atoms with Gasteiger partial charge in [0, 0.05) is 0 Å². The van der Waals surface area contributed by atoms with E-state index in [1.54, 1.807) is 6.92 Å². The van der Waals surface area contributed by atoms with Crippen molar-refractivity contribution in [2.45, 2.75) is 6.92 Å². The van der Waals surface area contributed by atoms with Crippen molar-refractivity contribution < 1.29 is 29.6 Å². The molecule has 0 aromatic carbocycles. The zero-order chi connectivity index (χ0) is 2.71. The summed E-state index contributed by atoms with van der Waals surface area (Å²) < 4.78 is 0. The molecule has 0 spiro atoms. The van der Waals surface area contributed by atoms with Crippen LogP contribution in [0.1, 0.15) is 6.92 Å². The summed E-state index contributed by atoms with van der Waals surface area (Å²) in [5, 5.41) is 0. The van der Waals surface area contributed by atoms with Gasteiger partial charge in [-0.15, -0.1) is 0 Å². The smallest absolute Gasteiger partial charge is 0.694 e. The quantitative estimate of drug-likeness (QED) is 0.167. The van der Waals surface area contributed by atoms with Gasteiger partial charge in [-0.05, 0) is 6.92 Å². The molecule has 0 nitrogen and oxygen atoms in total. The maximum Gasteiger partial charge on any atom is 1.00 e. The Labute approximate surface area is 48.9 Å². The Morgan fingerprint density at radius 3 is 1.75 bits per heavy atom. The van der Waals surface area contributed by atoms with Crippen LogP contribution < -0.4 is 29.6 Å². The molecule has 0 aliphatic heterocycles. The van der Waals surface area contributed by atoms with Gasteiger partial charge in [0.25, 0.3) is 0 Å². The molecule has 0 rings (SSSR count). The summed E-state index contributed by atoms with van der Waals surface area (Å²) in [5.41, 5.74) is 0. The average molecular weight is 62.0 g/mol. The van der Waals surface area contributed by atoms with Crippen molar-refractivity contribution >= 4 is 0 Å². The predicted molar refractivity (Wildman–Crippen MR) is 12.8 cm³/mol. The van der Waals surface area contributed by atoms with Crippen LogP contribution in [0.5, 0.6) is 0 Å². The third-order valence-corrected chi connectivity index (χ3v) is 0. The molecular formula is C3H3Na. The molecule has 0 N–H and O–H groups in total. The van der Waals surface area contributed by atoms with Crippen molar-refractivity contribution in [1.82, 2.24) is 0 Å². The molecule has 4 heavy (non-hydrogen) atoms. The van der Waals surface area contributed by atoms with Gasteiger partial charge in [0.2, 0.25) is 0 Å². The molecule has 0 heterocycles. The molecule has 0 atom stereocenters. The summed E-state index contributed by atoms with van der Waals surface area (Å²) in [7, 11) is 0. The normalized spacial score (nSPS) is 2.00. The van der Waals surface area contributed by atoms with Gasteiger partial charge < -0.3 is 12.3 Å². The molecule has 0 unspecified atom stereocenters. The van der Waals surface area contributed by atoms with Gasteiger partial charge >= 0.3 is 29.6 Å². The van der Waals surface area contributed by atoms with Crippen molar-refractivity contribution in [2.24, 2.45) is 0 Å². The van der Waals surface area contributed by atoms with Gasteiger partial charge in [-0.25, -0.2) is 0 Å². The van der Waals surface area contributed by atoms with Crippen LogP contribution >= 0.6 is 0 Å². The summed E-state index contributed by atoms with van der Waals surface area (Å²) in [6, 6.07) is 0. The maximum atomic E-state index is 5.96. The van der Waals surface area contributed by atoms with Crippen LogP contribution in [0.25, 0.3) is 0 Å². The largest absolute Gasteiger partial charge is 1.00 e. The first-order valence-electron chi connectivity index (χ1n) is 0.750. The van der Waals surface area contributed by atoms with E-state index < -0.39 is 0 Å². The number of hydrogen-bond donors (Lipinski definition) is 0. The van der Waals surface area contributed by atoms with E-state index >= 15 is 0 Å². The van der Waals surface area contributed by atoms with Crippen molar-refractivity contribution in [3.05, 3.63) is 6.42 Å². The van der Waals surface area contributed by atoms with Gasteiger partial charge in [0.15, 0.2) is 0 Å². The van der Waals surface area contributed by atoms with Crippen molar-refractivity contribution in [3.8, 4) is 5.92 Å². The molecule has 0 saturated carbocycles. The van der Waals surface area contributed by atoms with Gasteiger partial charge in [-0.2, -0.15) is 0 Å². The van der Waals surface area contributed by atoms with E-state index in [-0.39, 0.29) is 29.6 Å². The van der Waals surface area contributed by atoms with E-state index in [0.29, 0.717) is 0 Å². The minimum Gasteiger partial charge on any atom is -0.694 e. The molecule has 0 bridgehead atoms. The number of rotatable bonds is 0. The Morgan fingerprint density at radius 1 is 1.75 bits per heavy atom. The van der Waals surface area contributed by atoms with Crippen LogP contribution in [0.3, 0.4) is 0 Å². The van der Waals surface area contributed by atoms with Crippen LogP contribution in [0.15, 0.2) is 0 Å². The fourth-order valence-electron chi connectivity index (χ4n) is 0. The molecule has 0 aromatic rings. The van der Waals surface area contributed by atoms with E-state index in [2.05, 4.69) is 0 Å². The van der Waals surface area contributed by atoms with E-state index in [1.807, 2.05) is 5.92 Å². The zero-order valence-electron chi connectivity index (χ0n) is 3.00. The Hall–Kier alpha value is 0.560. The second-order valence-electron chi connectivity index (χ2n) is 0.250. The van der Waals surface area contributed by atoms with Crippen LogP contribution in [0.2, 0.25) is 0 Å². The predicted octanol–water partition coefficient (Wildman–Crippen LogP) is -2.40. The second-order valence-corrected chi connectivity index (χ2v) is 0.250. The number of hydrogen-bond acceptors (Lipinski definition) is 0. The molecule has 1 heteroatoms. The van der Waals surface area contributed by atoms with Gasteiger partial charge in [-0.3, -0.25) is 0 Å². The molecular weight excluding hydrogens is 59.0 g/mol.